The monoisotopic (exact) mass is 287 g/mol. The molecule has 1 fully saturated rings. The van der Waals surface area contributed by atoms with Crippen molar-refractivity contribution in [1.82, 2.24) is 4.98 Å². The summed E-state index contributed by atoms with van der Waals surface area (Å²) in [5.41, 5.74) is 7.79. The molecule has 0 aromatic carbocycles. The van der Waals surface area contributed by atoms with Gasteiger partial charge in [0.05, 0.1) is 15.6 Å². The first-order valence-corrected chi connectivity index (χ1v) is 7.50. The number of hydrogen-bond acceptors (Lipinski definition) is 5. The van der Waals surface area contributed by atoms with Gasteiger partial charge in [-0.2, -0.15) is 0 Å². The van der Waals surface area contributed by atoms with E-state index in [9.17, 15) is 4.79 Å². The van der Waals surface area contributed by atoms with Gasteiger partial charge in [-0.1, -0.05) is 0 Å². The van der Waals surface area contributed by atoms with E-state index in [1.54, 1.807) is 12.4 Å². The zero-order valence-corrected chi connectivity index (χ0v) is 12.2. The van der Waals surface area contributed by atoms with E-state index in [1.165, 1.54) is 16.9 Å². The maximum atomic E-state index is 12.1. The summed E-state index contributed by atoms with van der Waals surface area (Å²) in [5.74, 6) is 0.436. The first-order valence-electron chi connectivity index (χ1n) is 6.68. The minimum absolute atomic E-state index is 0.217. The molecule has 0 aliphatic heterocycles. The predicted molar refractivity (Wildman–Crippen MR) is 82.1 cm³/mol. The number of rotatable bonds is 5. The Morgan fingerprint density at radius 3 is 2.80 bits per heavy atom. The van der Waals surface area contributed by atoms with Crippen LogP contribution in [0.5, 0.6) is 0 Å². The lowest BCUT2D eigenvalue weighted by molar-refractivity contribution is 0.0972. The van der Waals surface area contributed by atoms with Crippen LogP contribution in [0.25, 0.3) is 0 Å². The van der Waals surface area contributed by atoms with Crippen LogP contribution in [-0.4, -0.2) is 17.8 Å². The zero-order valence-electron chi connectivity index (χ0n) is 11.4. The van der Waals surface area contributed by atoms with Crippen LogP contribution in [0.4, 0.5) is 10.7 Å². The number of thiophene rings is 1. The van der Waals surface area contributed by atoms with Crippen LogP contribution in [0.2, 0.25) is 0 Å². The van der Waals surface area contributed by atoms with Gasteiger partial charge < -0.3 is 10.6 Å². The normalized spacial score (nSPS) is 14.2. The number of nitrogens with two attached hydrogens (primary N) is 1. The van der Waals surface area contributed by atoms with Crippen molar-refractivity contribution in [1.29, 1.82) is 0 Å². The van der Waals surface area contributed by atoms with Crippen molar-refractivity contribution in [2.45, 2.75) is 19.4 Å². The Bertz CT molecular complexity index is 619. The average molecular weight is 287 g/mol. The zero-order chi connectivity index (χ0) is 14.1. The lowest BCUT2D eigenvalue weighted by Gasteiger charge is -2.16. The summed E-state index contributed by atoms with van der Waals surface area (Å²) >= 11 is 1.50. The molecule has 0 radical (unpaired) electrons. The third kappa shape index (κ3) is 2.67. The van der Waals surface area contributed by atoms with E-state index < -0.39 is 0 Å². The van der Waals surface area contributed by atoms with Gasteiger partial charge in [-0.25, -0.2) is 0 Å². The molecule has 2 aromatic heterocycles. The Morgan fingerprint density at radius 2 is 2.15 bits per heavy atom. The molecule has 3 rings (SSSR count). The molecule has 1 aliphatic rings. The molecule has 0 atom stereocenters. The lowest BCUT2D eigenvalue weighted by atomic mass is 10.2. The number of aromatic nitrogens is 1. The first kappa shape index (κ1) is 13.1. The van der Waals surface area contributed by atoms with Crippen LogP contribution in [0, 0.1) is 5.92 Å². The van der Waals surface area contributed by atoms with Gasteiger partial charge >= 0.3 is 0 Å². The summed E-state index contributed by atoms with van der Waals surface area (Å²) in [4.78, 5) is 19.0. The topological polar surface area (TPSA) is 59.2 Å². The van der Waals surface area contributed by atoms with Gasteiger partial charge in [0.25, 0.3) is 0 Å². The highest BCUT2D eigenvalue weighted by molar-refractivity contribution is 7.18. The molecule has 0 bridgehead atoms. The maximum Gasteiger partial charge on any atom is 0.178 e. The Labute approximate surface area is 122 Å². The summed E-state index contributed by atoms with van der Waals surface area (Å²) in [7, 11) is 2.01. The molecule has 0 amide bonds. The summed E-state index contributed by atoms with van der Waals surface area (Å²) < 4.78 is 0. The van der Waals surface area contributed by atoms with Gasteiger partial charge in [-0.15, -0.1) is 11.3 Å². The molecule has 2 aromatic rings. The molecule has 0 saturated heterocycles. The van der Waals surface area contributed by atoms with Crippen molar-refractivity contribution in [3.8, 4) is 0 Å². The third-order valence-corrected chi connectivity index (χ3v) is 4.74. The van der Waals surface area contributed by atoms with E-state index in [4.69, 9.17) is 5.73 Å². The largest absolute Gasteiger partial charge is 0.397 e. The van der Waals surface area contributed by atoms with Crippen molar-refractivity contribution >= 4 is 27.8 Å². The summed E-state index contributed by atoms with van der Waals surface area (Å²) in [6.45, 7) is 0.777. The van der Waals surface area contributed by atoms with Gasteiger partial charge in [0, 0.05) is 31.9 Å². The summed E-state index contributed by atoms with van der Waals surface area (Å²) in [6, 6.07) is 5.88. The molecule has 1 aliphatic carbocycles. The molecular formula is C15H17N3OS. The van der Waals surface area contributed by atoms with Gasteiger partial charge in [-0.3, -0.25) is 9.78 Å². The fourth-order valence-electron chi connectivity index (χ4n) is 2.14. The molecule has 5 heteroatoms. The highest BCUT2D eigenvalue weighted by Crippen LogP contribution is 2.39. The van der Waals surface area contributed by atoms with E-state index in [0.717, 1.165) is 29.3 Å². The van der Waals surface area contributed by atoms with Crippen LogP contribution in [0.3, 0.4) is 0 Å². The average Bonchev–Trinajstić information content (AvgIpc) is 3.22. The predicted octanol–water partition coefficient (Wildman–Crippen LogP) is 2.95. The number of hydrogen-bond donors (Lipinski definition) is 1. The van der Waals surface area contributed by atoms with Gasteiger partial charge in [0.1, 0.15) is 0 Å². The van der Waals surface area contributed by atoms with Crippen molar-refractivity contribution in [3.63, 3.8) is 0 Å². The van der Waals surface area contributed by atoms with Crippen LogP contribution in [0.15, 0.2) is 30.6 Å². The molecule has 104 valence electrons. The second kappa shape index (κ2) is 5.25. The molecule has 20 heavy (non-hydrogen) atoms. The molecule has 0 spiro atoms. The maximum absolute atomic E-state index is 12.1. The number of carbonyl (C=O) groups excluding carboxylic acids is 1. The lowest BCUT2D eigenvalue weighted by Crippen LogP contribution is -2.14. The van der Waals surface area contributed by atoms with Crippen molar-refractivity contribution in [2.24, 2.45) is 5.92 Å². The van der Waals surface area contributed by atoms with E-state index in [-0.39, 0.29) is 11.7 Å². The van der Waals surface area contributed by atoms with E-state index in [2.05, 4.69) is 9.88 Å². The van der Waals surface area contributed by atoms with Gasteiger partial charge in [0.2, 0.25) is 0 Å². The van der Waals surface area contributed by atoms with Gasteiger partial charge in [0.15, 0.2) is 5.78 Å². The highest BCUT2D eigenvalue weighted by Gasteiger charge is 2.32. The molecule has 2 N–H and O–H groups in total. The van der Waals surface area contributed by atoms with Crippen LogP contribution < -0.4 is 10.6 Å². The fraction of sp³-hybridized carbons (Fsp3) is 0.333. The van der Waals surface area contributed by atoms with Gasteiger partial charge in [-0.05, 0) is 36.6 Å². The number of ketones is 1. The van der Waals surface area contributed by atoms with Crippen molar-refractivity contribution in [2.75, 3.05) is 17.7 Å². The van der Waals surface area contributed by atoms with Crippen molar-refractivity contribution in [3.05, 3.63) is 41.0 Å². The number of anilines is 2. The summed E-state index contributed by atoms with van der Waals surface area (Å²) in [5, 5.41) is 1.03. The minimum Gasteiger partial charge on any atom is -0.397 e. The molecule has 1 saturated carbocycles. The Kier molecular flexibility index (Phi) is 3.44. The second-order valence-corrected chi connectivity index (χ2v) is 6.25. The van der Waals surface area contributed by atoms with E-state index >= 15 is 0 Å². The number of pyridine rings is 1. The highest BCUT2D eigenvalue weighted by atomic mass is 32.1. The fourth-order valence-corrected chi connectivity index (χ4v) is 3.20. The van der Waals surface area contributed by atoms with Crippen LogP contribution >= 0.6 is 11.3 Å². The van der Waals surface area contributed by atoms with E-state index in [1.807, 2.05) is 25.2 Å². The summed E-state index contributed by atoms with van der Waals surface area (Å²) in [6.07, 6.45) is 5.60. The number of carbonyl (C=O) groups is 1. The Balaban J connectivity index is 1.76. The quantitative estimate of drug-likeness (QED) is 0.859. The molecule has 4 nitrogen and oxygen atoms in total. The SMILES string of the molecule is CN(Cc1ccncc1)c1cc(N)c(C(=O)C2CC2)s1. The Morgan fingerprint density at radius 1 is 1.45 bits per heavy atom. The third-order valence-electron chi connectivity index (χ3n) is 3.47. The molecule has 2 heterocycles. The number of nitrogens with zero attached hydrogens (tertiary/aromatic N) is 2. The van der Waals surface area contributed by atoms with E-state index in [0.29, 0.717) is 5.69 Å². The standard InChI is InChI=1S/C15H17N3OS/c1-18(9-10-4-6-17-7-5-10)13-8-12(16)15(20-13)14(19)11-2-3-11/h4-8,11H,2-3,9,16H2,1H3. The van der Waals surface area contributed by atoms with Crippen LogP contribution in [-0.2, 0) is 6.54 Å². The molecular weight excluding hydrogens is 270 g/mol. The smallest absolute Gasteiger partial charge is 0.178 e. The van der Waals surface area contributed by atoms with Crippen molar-refractivity contribution < 1.29 is 4.79 Å². The molecule has 0 unspecified atom stereocenters. The Hall–Kier alpha value is -1.88. The van der Waals surface area contributed by atoms with Crippen LogP contribution in [0.1, 0.15) is 28.1 Å². The minimum atomic E-state index is 0.217. The second-order valence-electron chi connectivity index (χ2n) is 5.22. The number of Topliss-reactive ketones (excluding diaryl/α,β-unsaturated/α-hetero) is 1. The first-order chi connectivity index (χ1) is 9.65. The number of nitrogen functional groups attached to an aromatic ring is 1.